The van der Waals surface area contributed by atoms with Crippen LogP contribution in [0.2, 0.25) is 0 Å². The van der Waals surface area contributed by atoms with Crippen LogP contribution < -0.4 is 5.32 Å². The van der Waals surface area contributed by atoms with Crippen LogP contribution in [0.15, 0.2) is 34.9 Å². The van der Waals surface area contributed by atoms with Gasteiger partial charge in [0.2, 0.25) is 0 Å². The summed E-state index contributed by atoms with van der Waals surface area (Å²) in [6.45, 7) is 4.21. The summed E-state index contributed by atoms with van der Waals surface area (Å²) in [6.07, 6.45) is 2.40. The van der Waals surface area contributed by atoms with Crippen molar-refractivity contribution in [2.75, 3.05) is 5.32 Å². The molecule has 1 N–H and O–H groups in total. The molecule has 0 aliphatic carbocycles. The maximum absolute atomic E-state index is 12.3. The van der Waals surface area contributed by atoms with Crippen LogP contribution in [0, 0.1) is 5.92 Å². The summed E-state index contributed by atoms with van der Waals surface area (Å²) < 4.78 is 10.5. The molecule has 5 nitrogen and oxygen atoms in total. The topological polar surface area (TPSA) is 68.0 Å². The van der Waals surface area contributed by atoms with Crippen LogP contribution in [0.5, 0.6) is 0 Å². The summed E-state index contributed by atoms with van der Waals surface area (Å²) in [5, 5.41) is 3.50. The van der Waals surface area contributed by atoms with E-state index in [2.05, 4.69) is 28.5 Å². The summed E-state index contributed by atoms with van der Waals surface area (Å²) in [7, 11) is 0. The van der Waals surface area contributed by atoms with Crippen molar-refractivity contribution in [1.29, 1.82) is 0 Å². The first-order valence-electron chi connectivity index (χ1n) is 6.73. The number of benzene rings is 1. The zero-order valence-corrected chi connectivity index (χ0v) is 12.6. The van der Waals surface area contributed by atoms with Crippen molar-refractivity contribution in [2.45, 2.75) is 20.3 Å². The van der Waals surface area contributed by atoms with Gasteiger partial charge in [0.15, 0.2) is 0 Å². The molecule has 0 spiro atoms. The predicted octanol–water partition coefficient (Wildman–Crippen LogP) is 3.74. The summed E-state index contributed by atoms with van der Waals surface area (Å²) in [6, 6.07) is 7.85. The van der Waals surface area contributed by atoms with Crippen LogP contribution in [0.1, 0.15) is 30.0 Å². The van der Waals surface area contributed by atoms with Crippen LogP contribution in [0.4, 0.5) is 6.01 Å². The predicted molar refractivity (Wildman–Crippen MR) is 82.6 cm³/mol. The summed E-state index contributed by atoms with van der Waals surface area (Å²) in [5.41, 5.74) is 1.24. The Balaban J connectivity index is 1.78. The molecule has 0 saturated carbocycles. The maximum atomic E-state index is 12.3. The average molecular weight is 301 g/mol. The van der Waals surface area contributed by atoms with Crippen molar-refractivity contribution in [3.63, 3.8) is 0 Å². The largest absolute Gasteiger partial charge is 0.432 e. The van der Waals surface area contributed by atoms with E-state index in [0.29, 0.717) is 11.6 Å². The first-order chi connectivity index (χ1) is 10.1. The van der Waals surface area contributed by atoms with Gasteiger partial charge in [-0.25, -0.2) is 0 Å². The number of carbonyl (C=O) groups is 1. The van der Waals surface area contributed by atoms with Gasteiger partial charge in [-0.05, 0) is 29.9 Å². The minimum atomic E-state index is -0.301. The van der Waals surface area contributed by atoms with Gasteiger partial charge in [0.05, 0.1) is 10.4 Å². The number of carbonyl (C=O) groups excluding carboxylic acids is 1. The zero-order chi connectivity index (χ0) is 14.8. The Kier molecular flexibility index (Phi) is 3.70. The van der Waals surface area contributed by atoms with E-state index in [4.69, 9.17) is 4.42 Å². The lowest BCUT2D eigenvalue weighted by Gasteiger charge is -1.99. The second-order valence-electron chi connectivity index (χ2n) is 5.22. The molecule has 3 aromatic rings. The molecule has 0 unspecified atom stereocenters. The van der Waals surface area contributed by atoms with E-state index in [1.807, 2.05) is 24.3 Å². The number of aromatic nitrogens is 2. The van der Waals surface area contributed by atoms with Gasteiger partial charge in [0.1, 0.15) is 12.0 Å². The normalized spacial score (nSPS) is 11.2. The number of fused-ring (bicyclic) bond motifs is 1. The third-order valence-corrected chi connectivity index (χ3v) is 3.81. The molecule has 1 amide bonds. The van der Waals surface area contributed by atoms with Crippen LogP contribution >= 0.6 is 11.5 Å². The van der Waals surface area contributed by atoms with Crippen molar-refractivity contribution >= 4 is 33.5 Å². The molecular formula is C15H15N3O2S. The second kappa shape index (κ2) is 5.65. The van der Waals surface area contributed by atoms with Crippen LogP contribution in [-0.2, 0) is 6.42 Å². The Labute approximate surface area is 126 Å². The number of rotatable bonds is 4. The highest BCUT2D eigenvalue weighted by Crippen LogP contribution is 2.23. The van der Waals surface area contributed by atoms with E-state index in [9.17, 15) is 4.79 Å². The molecule has 108 valence electrons. The van der Waals surface area contributed by atoms with Gasteiger partial charge in [0, 0.05) is 5.39 Å². The van der Waals surface area contributed by atoms with Crippen molar-refractivity contribution in [1.82, 2.24) is 9.36 Å². The highest BCUT2D eigenvalue weighted by Gasteiger charge is 2.16. The molecule has 0 aliphatic heterocycles. The van der Waals surface area contributed by atoms with Gasteiger partial charge in [-0.2, -0.15) is 9.36 Å². The molecule has 0 atom stereocenters. The fraction of sp³-hybridized carbons (Fsp3) is 0.267. The standard InChI is InChI=1S/C15H15N3O2S/c1-9(2)7-10-8-20-15(16-10)17-14(19)13-11-5-3-4-6-12(11)21-18-13/h3-6,8-9H,7H2,1-2H3,(H,16,17,19). The van der Waals surface area contributed by atoms with Gasteiger partial charge < -0.3 is 4.42 Å². The molecule has 0 bridgehead atoms. The molecule has 2 heterocycles. The number of amides is 1. The molecule has 3 rings (SSSR count). The number of nitrogens with zero attached hydrogens (tertiary/aromatic N) is 2. The quantitative estimate of drug-likeness (QED) is 0.797. The minimum absolute atomic E-state index is 0.215. The lowest BCUT2D eigenvalue weighted by atomic mass is 10.1. The maximum Gasteiger partial charge on any atom is 0.301 e. The fourth-order valence-corrected chi connectivity index (χ4v) is 2.86. The molecule has 1 aromatic carbocycles. The van der Waals surface area contributed by atoms with Crippen molar-refractivity contribution in [3.8, 4) is 0 Å². The van der Waals surface area contributed by atoms with Gasteiger partial charge >= 0.3 is 6.01 Å². The van der Waals surface area contributed by atoms with E-state index in [0.717, 1.165) is 22.2 Å². The Bertz CT molecular complexity index is 776. The zero-order valence-electron chi connectivity index (χ0n) is 11.8. The van der Waals surface area contributed by atoms with Crippen molar-refractivity contribution in [2.24, 2.45) is 5.92 Å². The average Bonchev–Trinajstić information content (AvgIpc) is 3.04. The van der Waals surface area contributed by atoms with E-state index in [1.54, 1.807) is 6.26 Å². The fourth-order valence-electron chi connectivity index (χ4n) is 2.08. The number of oxazole rings is 1. The monoisotopic (exact) mass is 301 g/mol. The van der Waals surface area contributed by atoms with E-state index >= 15 is 0 Å². The Hall–Kier alpha value is -2.21. The van der Waals surface area contributed by atoms with E-state index < -0.39 is 0 Å². The number of hydrogen-bond donors (Lipinski definition) is 1. The lowest BCUT2D eigenvalue weighted by molar-refractivity contribution is 0.102. The highest BCUT2D eigenvalue weighted by atomic mass is 32.1. The third kappa shape index (κ3) is 2.95. The Morgan fingerprint density at radius 3 is 3.00 bits per heavy atom. The molecular weight excluding hydrogens is 286 g/mol. The Morgan fingerprint density at radius 2 is 2.19 bits per heavy atom. The molecule has 6 heteroatoms. The van der Waals surface area contributed by atoms with Gasteiger partial charge in [-0.3, -0.25) is 10.1 Å². The molecule has 2 aromatic heterocycles. The van der Waals surface area contributed by atoms with Crippen molar-refractivity contribution in [3.05, 3.63) is 41.9 Å². The van der Waals surface area contributed by atoms with Gasteiger partial charge in [0.25, 0.3) is 5.91 Å². The SMILES string of the molecule is CC(C)Cc1coc(NC(=O)c2nsc3ccccc23)n1. The molecule has 0 radical (unpaired) electrons. The minimum Gasteiger partial charge on any atom is -0.432 e. The second-order valence-corrected chi connectivity index (χ2v) is 6.03. The molecule has 0 saturated heterocycles. The van der Waals surface area contributed by atoms with E-state index in [1.165, 1.54) is 11.5 Å². The third-order valence-electron chi connectivity index (χ3n) is 2.98. The summed E-state index contributed by atoms with van der Waals surface area (Å²) >= 11 is 1.30. The lowest BCUT2D eigenvalue weighted by Crippen LogP contribution is -2.12. The van der Waals surface area contributed by atoms with E-state index in [-0.39, 0.29) is 11.9 Å². The Morgan fingerprint density at radius 1 is 1.38 bits per heavy atom. The number of nitrogens with one attached hydrogen (secondary N) is 1. The number of hydrogen-bond acceptors (Lipinski definition) is 5. The molecule has 0 aliphatic rings. The van der Waals surface area contributed by atoms with Gasteiger partial charge in [-0.15, -0.1) is 0 Å². The molecule has 0 fully saturated rings. The smallest absolute Gasteiger partial charge is 0.301 e. The first kappa shape index (κ1) is 13.8. The van der Waals surface area contributed by atoms with Crippen LogP contribution in [-0.4, -0.2) is 15.3 Å². The van der Waals surface area contributed by atoms with Crippen LogP contribution in [0.25, 0.3) is 10.1 Å². The summed E-state index contributed by atoms with van der Waals surface area (Å²) in [4.78, 5) is 16.5. The summed E-state index contributed by atoms with van der Waals surface area (Å²) in [5.74, 6) is 0.187. The molecule has 21 heavy (non-hydrogen) atoms. The number of anilines is 1. The van der Waals surface area contributed by atoms with Crippen LogP contribution in [0.3, 0.4) is 0 Å². The van der Waals surface area contributed by atoms with Crippen molar-refractivity contribution < 1.29 is 9.21 Å². The highest BCUT2D eigenvalue weighted by molar-refractivity contribution is 7.13. The van der Waals surface area contributed by atoms with Gasteiger partial charge in [-0.1, -0.05) is 32.0 Å². The first-order valence-corrected chi connectivity index (χ1v) is 7.51.